The molecule has 0 bridgehead atoms. The van der Waals surface area contributed by atoms with Gasteiger partial charge in [-0.2, -0.15) is 0 Å². The number of aryl methyl sites for hydroxylation is 2. The number of allylic oxidation sites excluding steroid dienone is 1. The van der Waals surface area contributed by atoms with Crippen LogP contribution in [0.15, 0.2) is 59.1 Å². The van der Waals surface area contributed by atoms with Gasteiger partial charge in [0.15, 0.2) is 11.4 Å². The molecule has 0 spiro atoms. The Balaban J connectivity index is 1.66. The first kappa shape index (κ1) is 28.4. The molecule has 6 N–H and O–H groups in total. The lowest BCUT2D eigenvalue weighted by Gasteiger charge is -2.50. The Labute approximate surface area is 238 Å². The van der Waals surface area contributed by atoms with Gasteiger partial charge in [0.05, 0.1) is 11.6 Å². The highest BCUT2D eigenvalue weighted by atomic mass is 16.3. The molecular formula is C31H35N3O7. The molecule has 4 unspecified atom stereocenters. The number of nitrogens with zero attached hydrogens (tertiary/aromatic N) is 2. The van der Waals surface area contributed by atoms with Crippen molar-refractivity contribution in [1.82, 2.24) is 4.90 Å². The van der Waals surface area contributed by atoms with Crippen LogP contribution in [0.3, 0.4) is 0 Å². The van der Waals surface area contributed by atoms with Crippen molar-refractivity contribution in [2.75, 3.05) is 33.1 Å². The number of rotatable bonds is 6. The number of hydrogen-bond donors (Lipinski definition) is 5. The van der Waals surface area contributed by atoms with Crippen LogP contribution in [0.2, 0.25) is 0 Å². The molecule has 10 nitrogen and oxygen atoms in total. The van der Waals surface area contributed by atoms with Crippen LogP contribution in [-0.2, 0) is 28.9 Å². The Bertz CT molecular complexity index is 1530. The maximum atomic E-state index is 14.1. The van der Waals surface area contributed by atoms with Gasteiger partial charge in [-0.15, -0.1) is 0 Å². The summed E-state index contributed by atoms with van der Waals surface area (Å²) in [5.41, 5.74) is 4.76. The summed E-state index contributed by atoms with van der Waals surface area (Å²) in [5, 5.41) is 45.6. The summed E-state index contributed by atoms with van der Waals surface area (Å²) >= 11 is 0. The second-order valence-corrected chi connectivity index (χ2v) is 11.6. The van der Waals surface area contributed by atoms with Gasteiger partial charge in [0.25, 0.3) is 5.91 Å². The van der Waals surface area contributed by atoms with Crippen molar-refractivity contribution in [1.29, 1.82) is 0 Å². The summed E-state index contributed by atoms with van der Waals surface area (Å²) < 4.78 is 0. The van der Waals surface area contributed by atoms with E-state index in [2.05, 4.69) is 0 Å². The number of nitrogens with two attached hydrogens (primary N) is 1. The Morgan fingerprint density at radius 3 is 2.29 bits per heavy atom. The lowest BCUT2D eigenvalue weighted by atomic mass is 9.58. The summed E-state index contributed by atoms with van der Waals surface area (Å²) in [7, 11) is 6.90. The summed E-state index contributed by atoms with van der Waals surface area (Å²) in [4.78, 5) is 43.2. The SMILES string of the molecule is CN(C)c1cc(CCc2ccccc2)c(O)c2c1CC1CC3C(N(C)C)C(O)=C(C(N)=O)C(=O)C3(O)C(O)=C1C2=O. The van der Waals surface area contributed by atoms with Crippen molar-refractivity contribution >= 4 is 23.2 Å². The first-order valence-corrected chi connectivity index (χ1v) is 13.5. The highest BCUT2D eigenvalue weighted by Crippen LogP contribution is 2.53. The molecular weight excluding hydrogens is 526 g/mol. The highest BCUT2D eigenvalue weighted by molar-refractivity contribution is 6.25. The van der Waals surface area contributed by atoms with Crippen molar-refractivity contribution in [2.45, 2.75) is 37.3 Å². The van der Waals surface area contributed by atoms with E-state index in [9.17, 15) is 34.8 Å². The van der Waals surface area contributed by atoms with Crippen molar-refractivity contribution in [3.05, 3.63) is 81.3 Å². The molecule has 3 aliphatic rings. The van der Waals surface area contributed by atoms with Crippen molar-refractivity contribution in [2.24, 2.45) is 17.6 Å². The zero-order chi connectivity index (χ0) is 30.0. The normalized spacial score (nSPS) is 25.7. The zero-order valence-electron chi connectivity index (χ0n) is 23.5. The molecule has 3 aliphatic carbocycles. The van der Waals surface area contributed by atoms with E-state index in [0.29, 0.717) is 24.0 Å². The summed E-state index contributed by atoms with van der Waals surface area (Å²) in [6.45, 7) is 0. The van der Waals surface area contributed by atoms with Crippen LogP contribution in [0.1, 0.15) is 33.5 Å². The minimum Gasteiger partial charge on any atom is -0.510 e. The average molecular weight is 562 g/mol. The van der Waals surface area contributed by atoms with Gasteiger partial charge in [-0.3, -0.25) is 19.3 Å². The van der Waals surface area contributed by atoms with Crippen LogP contribution in [-0.4, -0.2) is 82.6 Å². The molecule has 0 saturated carbocycles. The smallest absolute Gasteiger partial charge is 0.255 e. The van der Waals surface area contributed by atoms with E-state index in [1.165, 1.54) is 4.90 Å². The summed E-state index contributed by atoms with van der Waals surface area (Å²) in [5.74, 6) is -6.50. The molecule has 4 atom stereocenters. The highest BCUT2D eigenvalue weighted by Gasteiger charge is 2.63. The molecule has 0 radical (unpaired) electrons. The largest absolute Gasteiger partial charge is 0.510 e. The second-order valence-electron chi connectivity index (χ2n) is 11.6. The predicted octanol–water partition coefficient (Wildman–Crippen LogP) is 1.97. The Hall–Kier alpha value is -4.15. The third kappa shape index (κ3) is 4.20. The minimum atomic E-state index is -2.66. The summed E-state index contributed by atoms with van der Waals surface area (Å²) in [6.07, 6.45) is 1.37. The van der Waals surface area contributed by atoms with Crippen LogP contribution in [0.5, 0.6) is 5.75 Å². The molecule has 0 saturated heterocycles. The van der Waals surface area contributed by atoms with Crippen molar-refractivity contribution in [3.8, 4) is 5.75 Å². The predicted molar refractivity (Wildman–Crippen MR) is 152 cm³/mol. The number of likely N-dealkylation sites (N-methyl/N-ethyl adjacent to an activating group) is 1. The van der Waals surface area contributed by atoms with E-state index in [1.807, 2.05) is 55.4 Å². The number of fused-ring (bicyclic) bond motifs is 3. The van der Waals surface area contributed by atoms with Crippen LogP contribution in [0.25, 0.3) is 0 Å². The summed E-state index contributed by atoms with van der Waals surface area (Å²) in [6, 6.07) is 10.6. The van der Waals surface area contributed by atoms with Crippen LogP contribution < -0.4 is 10.6 Å². The number of phenols is 1. The minimum absolute atomic E-state index is 0.0278. The van der Waals surface area contributed by atoms with Gasteiger partial charge >= 0.3 is 0 Å². The van der Waals surface area contributed by atoms with Gasteiger partial charge in [0.1, 0.15) is 22.8 Å². The Morgan fingerprint density at radius 2 is 1.71 bits per heavy atom. The maximum absolute atomic E-state index is 14.1. The fraction of sp³-hybridized carbons (Fsp3) is 0.387. The number of hydrogen-bond acceptors (Lipinski definition) is 9. The number of aromatic hydroxyl groups is 1. The number of carbonyl (C=O) groups is 3. The van der Waals surface area contributed by atoms with Gasteiger partial charge in [-0.25, -0.2) is 0 Å². The number of ketones is 2. The third-order valence-electron chi connectivity index (χ3n) is 8.79. The quantitative estimate of drug-likeness (QED) is 0.332. The van der Waals surface area contributed by atoms with E-state index in [1.54, 1.807) is 14.1 Å². The first-order chi connectivity index (χ1) is 19.3. The van der Waals surface area contributed by atoms with Crippen LogP contribution >= 0.6 is 0 Å². The number of carbonyl (C=O) groups excluding carboxylic acids is 3. The number of phenolic OH excluding ortho intramolecular Hbond substituents is 1. The van der Waals surface area contributed by atoms with Gasteiger partial charge in [-0.05, 0) is 68.5 Å². The Morgan fingerprint density at radius 1 is 1.05 bits per heavy atom. The first-order valence-electron chi connectivity index (χ1n) is 13.5. The van der Waals surface area contributed by atoms with E-state index in [-0.39, 0.29) is 29.7 Å². The Kier molecular flexibility index (Phi) is 6.95. The number of anilines is 1. The van der Waals surface area contributed by atoms with Crippen LogP contribution in [0.4, 0.5) is 5.69 Å². The lowest BCUT2D eigenvalue weighted by molar-refractivity contribution is -0.148. The zero-order valence-corrected chi connectivity index (χ0v) is 23.5. The van der Waals surface area contributed by atoms with Gasteiger partial charge in [-0.1, -0.05) is 30.3 Å². The lowest BCUT2D eigenvalue weighted by Crippen LogP contribution is -2.63. The number of Topliss-reactive ketones (excluding diaryl/α,β-unsaturated/α-hetero) is 2. The third-order valence-corrected chi connectivity index (χ3v) is 8.79. The maximum Gasteiger partial charge on any atom is 0.255 e. The fourth-order valence-corrected chi connectivity index (χ4v) is 6.87. The van der Waals surface area contributed by atoms with E-state index in [4.69, 9.17) is 5.73 Å². The second kappa shape index (κ2) is 10.0. The van der Waals surface area contributed by atoms with E-state index >= 15 is 0 Å². The van der Waals surface area contributed by atoms with Crippen molar-refractivity contribution in [3.63, 3.8) is 0 Å². The molecule has 2 aromatic rings. The molecule has 0 aliphatic heterocycles. The van der Waals surface area contributed by atoms with Crippen LogP contribution in [0, 0.1) is 11.8 Å². The standard InChI is InChI=1S/C31H35N3O7/c1-33(2)20-14-16(11-10-15-8-6-5-7-9-15)25(35)22-18(20)12-17-13-19-24(34(3)4)27(37)23(30(32)40)29(39)31(19,41)28(38)21(17)26(22)36/h5-9,14,17,19,24,35,37-38,41H,10-13H2,1-4H3,(H2,32,40). The molecule has 216 valence electrons. The van der Waals surface area contributed by atoms with E-state index in [0.717, 1.165) is 11.3 Å². The van der Waals surface area contributed by atoms with Crippen molar-refractivity contribution < 1.29 is 34.8 Å². The molecule has 0 fully saturated rings. The molecule has 10 heteroatoms. The number of benzene rings is 2. The molecule has 2 aromatic carbocycles. The number of primary amides is 1. The molecule has 41 heavy (non-hydrogen) atoms. The van der Waals surface area contributed by atoms with E-state index < -0.39 is 58.0 Å². The number of aliphatic hydroxyl groups is 3. The molecule has 0 heterocycles. The topological polar surface area (TPSA) is 165 Å². The van der Waals surface area contributed by atoms with Gasteiger partial charge in [0.2, 0.25) is 5.78 Å². The van der Waals surface area contributed by atoms with Gasteiger partial charge < -0.3 is 31.1 Å². The molecule has 5 rings (SSSR count). The molecule has 1 amide bonds. The average Bonchev–Trinajstić information content (AvgIpc) is 2.90. The number of amides is 1. The molecule has 0 aromatic heterocycles. The monoisotopic (exact) mass is 561 g/mol. The number of aliphatic hydroxyl groups excluding tert-OH is 2. The fourth-order valence-electron chi connectivity index (χ4n) is 6.87. The van der Waals surface area contributed by atoms with Gasteiger partial charge in [0, 0.05) is 31.3 Å².